The van der Waals surface area contributed by atoms with Crippen LogP contribution in [0.4, 0.5) is 11.8 Å². The molecular formula is C13H19N5S. The van der Waals surface area contributed by atoms with Crippen LogP contribution < -0.4 is 10.2 Å². The molecular weight excluding hydrogens is 258 g/mol. The molecule has 0 aromatic carbocycles. The topological polar surface area (TPSA) is 64.8 Å². The largest absolute Gasteiger partial charge is 0.354 e. The number of anilines is 2. The van der Waals surface area contributed by atoms with Crippen molar-refractivity contribution in [3.05, 3.63) is 11.8 Å². The van der Waals surface area contributed by atoms with Crippen molar-refractivity contribution in [2.45, 2.75) is 19.8 Å². The van der Waals surface area contributed by atoms with Gasteiger partial charge in [0, 0.05) is 31.1 Å². The number of aromatic nitrogens is 2. The van der Waals surface area contributed by atoms with E-state index in [0.29, 0.717) is 11.5 Å². The first-order valence-electron chi connectivity index (χ1n) is 6.69. The van der Waals surface area contributed by atoms with Gasteiger partial charge in [0.25, 0.3) is 0 Å². The summed E-state index contributed by atoms with van der Waals surface area (Å²) in [7, 11) is 0. The van der Waals surface area contributed by atoms with E-state index >= 15 is 0 Å². The summed E-state index contributed by atoms with van der Waals surface area (Å²) in [5.74, 6) is 3.58. The van der Waals surface area contributed by atoms with Crippen molar-refractivity contribution in [1.29, 1.82) is 5.26 Å². The molecule has 1 aliphatic heterocycles. The molecule has 0 bridgehead atoms. The smallest absolute Gasteiger partial charge is 0.224 e. The zero-order valence-corrected chi connectivity index (χ0v) is 12.0. The molecule has 0 unspecified atom stereocenters. The lowest BCUT2D eigenvalue weighted by Crippen LogP contribution is -2.34. The highest BCUT2D eigenvalue weighted by atomic mass is 32.2. The predicted octanol–water partition coefficient (Wildman–Crippen LogP) is 2.11. The third-order valence-corrected chi connectivity index (χ3v) is 3.96. The summed E-state index contributed by atoms with van der Waals surface area (Å²) in [6, 6.07) is 2.19. The van der Waals surface area contributed by atoms with E-state index in [2.05, 4.69) is 33.2 Å². The minimum Gasteiger partial charge on any atom is -0.354 e. The summed E-state index contributed by atoms with van der Waals surface area (Å²) in [6.45, 7) is 4.92. The minimum absolute atomic E-state index is 0.563. The van der Waals surface area contributed by atoms with Gasteiger partial charge in [-0.3, -0.25) is 0 Å². The molecule has 1 N–H and O–H groups in total. The molecule has 1 aromatic heterocycles. The van der Waals surface area contributed by atoms with E-state index in [9.17, 15) is 5.26 Å². The van der Waals surface area contributed by atoms with Crippen LogP contribution in [0, 0.1) is 11.3 Å². The molecule has 19 heavy (non-hydrogen) atoms. The number of nitriles is 1. The molecule has 5 nitrogen and oxygen atoms in total. The third kappa shape index (κ3) is 3.74. The van der Waals surface area contributed by atoms with Gasteiger partial charge in [0.2, 0.25) is 5.95 Å². The molecule has 2 rings (SSSR count). The van der Waals surface area contributed by atoms with Gasteiger partial charge in [-0.05, 0) is 6.42 Å². The summed E-state index contributed by atoms with van der Waals surface area (Å²) in [5, 5.41) is 12.4. The van der Waals surface area contributed by atoms with Crippen molar-refractivity contribution in [3.8, 4) is 6.07 Å². The second-order valence-electron chi connectivity index (χ2n) is 4.42. The number of hydrogen-bond donors (Lipinski definition) is 1. The highest BCUT2D eigenvalue weighted by Crippen LogP contribution is 2.21. The molecule has 0 amide bonds. The maximum Gasteiger partial charge on any atom is 0.224 e. The Balaban J connectivity index is 2.14. The normalized spacial score (nSPS) is 15.1. The molecule has 0 saturated carbocycles. The summed E-state index contributed by atoms with van der Waals surface area (Å²) in [5.41, 5.74) is 0.563. The molecule has 6 heteroatoms. The first kappa shape index (κ1) is 13.9. The van der Waals surface area contributed by atoms with Crippen LogP contribution in [0.3, 0.4) is 0 Å². The summed E-state index contributed by atoms with van der Waals surface area (Å²) >= 11 is 1.94. The monoisotopic (exact) mass is 277 g/mol. The maximum absolute atomic E-state index is 9.17. The number of unbranched alkanes of at least 4 members (excludes halogenated alkanes) is 1. The van der Waals surface area contributed by atoms with Gasteiger partial charge in [0.1, 0.15) is 11.6 Å². The molecule has 1 saturated heterocycles. The van der Waals surface area contributed by atoms with Gasteiger partial charge in [-0.25, -0.2) is 4.98 Å². The molecule has 0 radical (unpaired) electrons. The Morgan fingerprint density at radius 1 is 1.47 bits per heavy atom. The van der Waals surface area contributed by atoms with Crippen LogP contribution in [0.2, 0.25) is 0 Å². The Labute approximate surface area is 118 Å². The molecule has 102 valence electrons. The lowest BCUT2D eigenvalue weighted by Gasteiger charge is -2.28. The quantitative estimate of drug-likeness (QED) is 0.832. The van der Waals surface area contributed by atoms with E-state index in [1.807, 2.05) is 11.8 Å². The molecule has 0 aliphatic carbocycles. The number of thioether (sulfide) groups is 1. The lowest BCUT2D eigenvalue weighted by atomic mass is 10.3. The Morgan fingerprint density at radius 3 is 2.95 bits per heavy atom. The van der Waals surface area contributed by atoms with Gasteiger partial charge in [0.15, 0.2) is 5.82 Å². The molecule has 0 atom stereocenters. The zero-order valence-electron chi connectivity index (χ0n) is 11.2. The van der Waals surface area contributed by atoms with Crippen LogP contribution in [0.15, 0.2) is 6.20 Å². The van der Waals surface area contributed by atoms with Gasteiger partial charge in [-0.15, -0.1) is 0 Å². The molecule has 0 spiro atoms. The van der Waals surface area contributed by atoms with Gasteiger partial charge < -0.3 is 10.2 Å². The average Bonchev–Trinajstić information content (AvgIpc) is 2.48. The van der Waals surface area contributed by atoms with Crippen molar-refractivity contribution >= 4 is 23.5 Å². The van der Waals surface area contributed by atoms with Crippen molar-refractivity contribution in [2.24, 2.45) is 0 Å². The molecule has 2 heterocycles. The van der Waals surface area contributed by atoms with Crippen molar-refractivity contribution in [3.63, 3.8) is 0 Å². The van der Waals surface area contributed by atoms with Crippen LogP contribution >= 0.6 is 11.8 Å². The predicted molar refractivity (Wildman–Crippen MR) is 79.7 cm³/mol. The Hall–Kier alpha value is -1.48. The van der Waals surface area contributed by atoms with E-state index < -0.39 is 0 Å². The van der Waals surface area contributed by atoms with E-state index in [4.69, 9.17) is 0 Å². The standard InChI is InChI=1S/C13H19N5S/c1-2-3-4-15-13-16-10-11(9-14)12(17-13)18-5-7-19-8-6-18/h10H,2-8H2,1H3,(H,15,16,17). The SMILES string of the molecule is CCCCNc1ncc(C#N)c(N2CCSCC2)n1. The van der Waals surface area contributed by atoms with Gasteiger partial charge in [-0.1, -0.05) is 13.3 Å². The van der Waals surface area contributed by atoms with E-state index in [1.54, 1.807) is 6.20 Å². The average molecular weight is 277 g/mol. The highest BCUT2D eigenvalue weighted by Gasteiger charge is 2.17. The third-order valence-electron chi connectivity index (χ3n) is 3.01. The van der Waals surface area contributed by atoms with E-state index in [-0.39, 0.29) is 0 Å². The van der Waals surface area contributed by atoms with Crippen molar-refractivity contribution in [1.82, 2.24) is 9.97 Å². The van der Waals surface area contributed by atoms with Crippen molar-refractivity contribution < 1.29 is 0 Å². The fraction of sp³-hybridized carbons (Fsp3) is 0.615. The second-order valence-corrected chi connectivity index (χ2v) is 5.65. The first-order valence-corrected chi connectivity index (χ1v) is 7.84. The van der Waals surface area contributed by atoms with Crippen molar-refractivity contribution in [2.75, 3.05) is 41.4 Å². The summed E-state index contributed by atoms with van der Waals surface area (Å²) in [4.78, 5) is 10.9. The number of rotatable bonds is 5. The van der Waals surface area contributed by atoms with E-state index in [1.165, 1.54) is 0 Å². The zero-order chi connectivity index (χ0) is 13.5. The molecule has 1 fully saturated rings. The maximum atomic E-state index is 9.17. The Morgan fingerprint density at radius 2 is 2.26 bits per heavy atom. The summed E-state index contributed by atoms with van der Waals surface area (Å²) in [6.07, 6.45) is 3.86. The second kappa shape index (κ2) is 7.19. The van der Waals surface area contributed by atoms with Crippen LogP contribution in [0.5, 0.6) is 0 Å². The Bertz CT molecular complexity index is 451. The fourth-order valence-corrected chi connectivity index (χ4v) is 2.83. The lowest BCUT2D eigenvalue weighted by molar-refractivity contribution is 0.814. The van der Waals surface area contributed by atoms with Crippen LogP contribution in [-0.4, -0.2) is 41.1 Å². The van der Waals surface area contributed by atoms with Gasteiger partial charge in [-0.2, -0.15) is 22.0 Å². The number of hydrogen-bond acceptors (Lipinski definition) is 6. The molecule has 1 aliphatic rings. The molecule has 1 aromatic rings. The summed E-state index contributed by atoms with van der Waals surface area (Å²) < 4.78 is 0. The van der Waals surface area contributed by atoms with Crippen LogP contribution in [0.25, 0.3) is 0 Å². The highest BCUT2D eigenvalue weighted by molar-refractivity contribution is 7.99. The number of nitrogens with zero attached hydrogens (tertiary/aromatic N) is 4. The number of nitrogens with one attached hydrogen (secondary N) is 1. The first-order chi connectivity index (χ1) is 9.35. The van der Waals surface area contributed by atoms with Gasteiger partial charge >= 0.3 is 0 Å². The fourth-order valence-electron chi connectivity index (χ4n) is 1.93. The minimum atomic E-state index is 0.563. The van der Waals surface area contributed by atoms with E-state index in [0.717, 1.165) is 49.8 Å². The Kier molecular flexibility index (Phi) is 5.28. The van der Waals surface area contributed by atoms with Crippen LogP contribution in [0.1, 0.15) is 25.3 Å². The van der Waals surface area contributed by atoms with Crippen LogP contribution in [-0.2, 0) is 0 Å². The van der Waals surface area contributed by atoms with Gasteiger partial charge in [0.05, 0.1) is 6.20 Å².